The quantitative estimate of drug-likeness (QED) is 0.797. The molecule has 1 aliphatic heterocycles. The van der Waals surface area contributed by atoms with Crippen LogP contribution in [-0.2, 0) is 16.1 Å². The molecule has 1 aromatic rings. The predicted octanol–water partition coefficient (Wildman–Crippen LogP) is 1.20. The number of rotatable bonds is 2. The highest BCUT2D eigenvalue weighted by Gasteiger charge is 2.36. The zero-order valence-electron chi connectivity index (χ0n) is 11.0. The highest BCUT2D eigenvalue weighted by Crippen LogP contribution is 2.21. The maximum absolute atomic E-state index is 11.8. The van der Waals surface area contributed by atoms with E-state index in [1.165, 1.54) is 10.5 Å². The van der Waals surface area contributed by atoms with E-state index in [1.54, 1.807) is 0 Å². The van der Waals surface area contributed by atoms with Crippen LogP contribution in [0.5, 0.6) is 0 Å². The van der Waals surface area contributed by atoms with Gasteiger partial charge in [0.15, 0.2) is 0 Å². The Hall–Kier alpha value is -1.68. The standard InChI is InChI=1S/C14H18N2O2/c1-8-4-9(2)11(10(3)5-8)7-16-13(17)6-12(15)14(16)18/h4-5,12H,6-7,15H2,1-3H3. The van der Waals surface area contributed by atoms with Crippen molar-refractivity contribution >= 4 is 11.8 Å². The molecular weight excluding hydrogens is 228 g/mol. The minimum atomic E-state index is -0.663. The predicted molar refractivity (Wildman–Crippen MR) is 68.8 cm³/mol. The van der Waals surface area contributed by atoms with Gasteiger partial charge in [0.2, 0.25) is 11.8 Å². The maximum Gasteiger partial charge on any atom is 0.246 e. The molecule has 0 aliphatic carbocycles. The number of imide groups is 1. The van der Waals surface area contributed by atoms with E-state index in [2.05, 4.69) is 12.1 Å². The fraction of sp³-hybridized carbons (Fsp3) is 0.429. The summed E-state index contributed by atoms with van der Waals surface area (Å²) in [6, 6.07) is 3.46. The number of carbonyl (C=O) groups is 2. The third-order valence-corrected chi connectivity index (χ3v) is 3.44. The van der Waals surface area contributed by atoms with E-state index in [4.69, 9.17) is 5.73 Å². The molecule has 0 bridgehead atoms. The molecule has 1 saturated heterocycles. The van der Waals surface area contributed by atoms with Gasteiger partial charge in [0.25, 0.3) is 0 Å². The first-order valence-electron chi connectivity index (χ1n) is 6.06. The number of hydrogen-bond donors (Lipinski definition) is 1. The second-order valence-electron chi connectivity index (χ2n) is 5.01. The Morgan fingerprint density at radius 2 is 1.78 bits per heavy atom. The maximum atomic E-state index is 11.8. The van der Waals surface area contributed by atoms with Crippen molar-refractivity contribution in [3.8, 4) is 0 Å². The molecule has 1 fully saturated rings. The van der Waals surface area contributed by atoms with Gasteiger partial charge in [0, 0.05) is 0 Å². The molecule has 18 heavy (non-hydrogen) atoms. The molecule has 1 unspecified atom stereocenters. The van der Waals surface area contributed by atoms with E-state index in [-0.39, 0.29) is 18.2 Å². The molecule has 1 atom stereocenters. The average Bonchev–Trinajstić information content (AvgIpc) is 2.48. The Bertz CT molecular complexity index is 500. The summed E-state index contributed by atoms with van der Waals surface area (Å²) in [4.78, 5) is 24.8. The Labute approximate surface area is 107 Å². The highest BCUT2D eigenvalue weighted by atomic mass is 16.2. The van der Waals surface area contributed by atoms with Crippen molar-refractivity contribution in [2.75, 3.05) is 0 Å². The van der Waals surface area contributed by atoms with Gasteiger partial charge < -0.3 is 5.73 Å². The molecular formula is C14H18N2O2. The van der Waals surface area contributed by atoms with Gasteiger partial charge in [-0.3, -0.25) is 14.5 Å². The third-order valence-electron chi connectivity index (χ3n) is 3.44. The Balaban J connectivity index is 2.30. The van der Waals surface area contributed by atoms with Gasteiger partial charge in [-0.2, -0.15) is 0 Å². The summed E-state index contributed by atoms with van der Waals surface area (Å²) in [7, 11) is 0. The van der Waals surface area contributed by atoms with Crippen molar-refractivity contribution in [1.82, 2.24) is 4.90 Å². The van der Waals surface area contributed by atoms with Crippen molar-refractivity contribution < 1.29 is 9.59 Å². The first-order chi connectivity index (χ1) is 8.40. The van der Waals surface area contributed by atoms with Gasteiger partial charge in [-0.15, -0.1) is 0 Å². The number of aryl methyl sites for hydroxylation is 3. The molecule has 2 amide bonds. The van der Waals surface area contributed by atoms with Crippen LogP contribution in [0.2, 0.25) is 0 Å². The van der Waals surface area contributed by atoms with Crippen molar-refractivity contribution in [1.29, 1.82) is 0 Å². The average molecular weight is 246 g/mol. The molecule has 4 nitrogen and oxygen atoms in total. The topological polar surface area (TPSA) is 63.4 Å². The molecule has 0 aromatic heterocycles. The number of nitrogens with zero attached hydrogens (tertiary/aromatic N) is 1. The Morgan fingerprint density at radius 3 is 2.22 bits per heavy atom. The Kier molecular flexibility index (Phi) is 3.22. The van der Waals surface area contributed by atoms with Crippen LogP contribution in [0.4, 0.5) is 0 Å². The van der Waals surface area contributed by atoms with Gasteiger partial charge >= 0.3 is 0 Å². The van der Waals surface area contributed by atoms with Gasteiger partial charge in [0.1, 0.15) is 0 Å². The number of hydrogen-bond acceptors (Lipinski definition) is 3. The zero-order chi connectivity index (χ0) is 13.4. The summed E-state index contributed by atoms with van der Waals surface area (Å²) in [6.45, 7) is 6.37. The zero-order valence-corrected chi connectivity index (χ0v) is 11.0. The van der Waals surface area contributed by atoms with E-state index in [1.807, 2.05) is 20.8 Å². The number of carbonyl (C=O) groups excluding carboxylic acids is 2. The van der Waals surface area contributed by atoms with Crippen LogP contribution in [0.3, 0.4) is 0 Å². The summed E-state index contributed by atoms with van der Waals surface area (Å²) in [5, 5.41) is 0. The van der Waals surface area contributed by atoms with E-state index in [0.717, 1.165) is 16.7 Å². The van der Waals surface area contributed by atoms with Gasteiger partial charge in [-0.1, -0.05) is 17.7 Å². The lowest BCUT2D eigenvalue weighted by atomic mass is 9.99. The molecule has 96 valence electrons. The summed E-state index contributed by atoms with van der Waals surface area (Å²) in [5.41, 5.74) is 10.0. The lowest BCUT2D eigenvalue weighted by molar-refractivity contribution is -0.139. The van der Waals surface area contributed by atoms with E-state index in [0.29, 0.717) is 6.54 Å². The summed E-state index contributed by atoms with van der Waals surface area (Å²) < 4.78 is 0. The summed E-state index contributed by atoms with van der Waals surface area (Å²) >= 11 is 0. The molecule has 2 N–H and O–H groups in total. The van der Waals surface area contributed by atoms with Crippen molar-refractivity contribution in [3.63, 3.8) is 0 Å². The van der Waals surface area contributed by atoms with Crippen LogP contribution in [0.25, 0.3) is 0 Å². The van der Waals surface area contributed by atoms with Crippen molar-refractivity contribution in [2.24, 2.45) is 5.73 Å². The van der Waals surface area contributed by atoms with Crippen LogP contribution in [0.15, 0.2) is 12.1 Å². The van der Waals surface area contributed by atoms with Crippen LogP contribution < -0.4 is 5.73 Å². The normalized spacial score (nSPS) is 19.8. The van der Waals surface area contributed by atoms with E-state index < -0.39 is 6.04 Å². The second kappa shape index (κ2) is 4.53. The molecule has 0 saturated carbocycles. The van der Waals surface area contributed by atoms with Crippen LogP contribution in [0, 0.1) is 20.8 Å². The van der Waals surface area contributed by atoms with Gasteiger partial charge in [0.05, 0.1) is 19.0 Å². The molecule has 0 radical (unpaired) electrons. The Morgan fingerprint density at radius 1 is 1.22 bits per heavy atom. The smallest absolute Gasteiger partial charge is 0.246 e. The third kappa shape index (κ3) is 2.16. The van der Waals surface area contributed by atoms with Crippen LogP contribution in [0.1, 0.15) is 28.7 Å². The molecule has 4 heteroatoms. The van der Waals surface area contributed by atoms with Crippen LogP contribution >= 0.6 is 0 Å². The van der Waals surface area contributed by atoms with Crippen molar-refractivity contribution in [3.05, 3.63) is 34.4 Å². The lowest BCUT2D eigenvalue weighted by Gasteiger charge is -2.18. The van der Waals surface area contributed by atoms with E-state index in [9.17, 15) is 9.59 Å². The molecule has 1 aliphatic rings. The largest absolute Gasteiger partial charge is 0.319 e. The SMILES string of the molecule is Cc1cc(C)c(CN2C(=O)CC(N)C2=O)c(C)c1. The van der Waals surface area contributed by atoms with Gasteiger partial charge in [-0.25, -0.2) is 0 Å². The highest BCUT2D eigenvalue weighted by molar-refractivity contribution is 6.05. The minimum absolute atomic E-state index is 0.128. The molecule has 1 aromatic carbocycles. The van der Waals surface area contributed by atoms with Crippen molar-refractivity contribution in [2.45, 2.75) is 39.8 Å². The van der Waals surface area contributed by atoms with Gasteiger partial charge in [-0.05, 0) is 37.5 Å². The second-order valence-corrected chi connectivity index (χ2v) is 5.01. The fourth-order valence-electron chi connectivity index (χ4n) is 2.49. The van der Waals surface area contributed by atoms with E-state index >= 15 is 0 Å². The molecule has 2 rings (SSSR count). The van der Waals surface area contributed by atoms with Crippen LogP contribution in [-0.4, -0.2) is 22.8 Å². The molecule has 0 spiro atoms. The molecule has 1 heterocycles. The fourth-order valence-corrected chi connectivity index (χ4v) is 2.49. The number of benzene rings is 1. The minimum Gasteiger partial charge on any atom is -0.319 e. The summed E-state index contributed by atoms with van der Waals surface area (Å²) in [5.74, 6) is -0.439. The number of nitrogens with two attached hydrogens (primary N) is 1. The number of amides is 2. The first-order valence-corrected chi connectivity index (χ1v) is 6.06. The number of likely N-dealkylation sites (tertiary alicyclic amines) is 1. The lowest BCUT2D eigenvalue weighted by Crippen LogP contribution is -2.35. The monoisotopic (exact) mass is 246 g/mol. The first kappa shape index (κ1) is 12.8. The summed E-state index contributed by atoms with van der Waals surface area (Å²) in [6.07, 6.45) is 0.128.